The van der Waals surface area contributed by atoms with Crippen LogP contribution >= 0.6 is 0 Å². The first-order chi connectivity index (χ1) is 10.2. The minimum absolute atomic E-state index is 0.491. The zero-order valence-corrected chi connectivity index (χ0v) is 12.0. The second-order valence-electron chi connectivity index (χ2n) is 5.17. The van der Waals surface area contributed by atoms with Crippen LogP contribution in [0.2, 0.25) is 0 Å². The number of carboxylic acids is 1. The summed E-state index contributed by atoms with van der Waals surface area (Å²) in [6, 6.07) is 7.72. The largest absolute Gasteiger partial charge is 0.494 e. The van der Waals surface area contributed by atoms with E-state index >= 15 is 0 Å². The van der Waals surface area contributed by atoms with Crippen molar-refractivity contribution in [1.29, 1.82) is 0 Å². The highest BCUT2D eigenvalue weighted by molar-refractivity contribution is 5.75. The third-order valence-electron chi connectivity index (χ3n) is 3.77. The molecule has 5 nitrogen and oxygen atoms in total. The van der Waals surface area contributed by atoms with Crippen molar-refractivity contribution in [3.63, 3.8) is 0 Å². The van der Waals surface area contributed by atoms with Gasteiger partial charge in [-0.3, -0.25) is 4.79 Å². The van der Waals surface area contributed by atoms with Crippen molar-refractivity contribution >= 4 is 5.97 Å². The summed E-state index contributed by atoms with van der Waals surface area (Å²) in [4.78, 5) is 15.9. The lowest BCUT2D eigenvalue weighted by Crippen LogP contribution is -2.21. The van der Waals surface area contributed by atoms with Crippen LogP contribution < -0.4 is 4.74 Å². The first-order valence-corrected chi connectivity index (χ1v) is 7.22. The van der Waals surface area contributed by atoms with Crippen LogP contribution in [0.3, 0.4) is 0 Å². The predicted molar refractivity (Wildman–Crippen MR) is 78.4 cm³/mol. The number of ether oxygens (including phenoxy) is 1. The van der Waals surface area contributed by atoms with Crippen molar-refractivity contribution < 1.29 is 14.6 Å². The van der Waals surface area contributed by atoms with Gasteiger partial charge in [-0.25, -0.2) is 4.98 Å². The summed E-state index contributed by atoms with van der Waals surface area (Å²) in [6.07, 6.45) is 3.48. The summed E-state index contributed by atoms with van der Waals surface area (Å²) in [5, 5.41) is 9.29. The number of hydrogen-bond acceptors (Lipinski definition) is 3. The molecule has 1 atom stereocenters. The maximum absolute atomic E-state index is 11.3. The molecule has 0 aliphatic carbocycles. The molecule has 0 radical (unpaired) electrons. The number of benzene rings is 1. The highest BCUT2D eigenvalue weighted by Crippen LogP contribution is 2.30. The van der Waals surface area contributed by atoms with E-state index in [-0.39, 0.29) is 0 Å². The van der Waals surface area contributed by atoms with Gasteiger partial charge in [0.15, 0.2) is 0 Å². The lowest BCUT2D eigenvalue weighted by atomic mass is 9.99. The number of fused-ring (bicyclic) bond motifs is 1. The molecule has 1 aromatic heterocycles. The highest BCUT2D eigenvalue weighted by atomic mass is 16.5. The van der Waals surface area contributed by atoms with E-state index in [9.17, 15) is 9.90 Å². The van der Waals surface area contributed by atoms with Crippen LogP contribution in [0.15, 0.2) is 30.5 Å². The van der Waals surface area contributed by atoms with Gasteiger partial charge in [0.05, 0.1) is 12.3 Å². The van der Waals surface area contributed by atoms with Crippen molar-refractivity contribution in [3.05, 3.63) is 36.3 Å². The molecule has 2 heterocycles. The van der Waals surface area contributed by atoms with Gasteiger partial charge in [0.1, 0.15) is 17.5 Å². The van der Waals surface area contributed by atoms with Crippen LogP contribution in [-0.4, -0.2) is 27.2 Å². The molecular weight excluding hydrogens is 268 g/mol. The fourth-order valence-electron chi connectivity index (χ4n) is 2.74. The molecule has 0 amide bonds. The maximum Gasteiger partial charge on any atom is 0.314 e. The van der Waals surface area contributed by atoms with Gasteiger partial charge in [-0.1, -0.05) is 0 Å². The van der Waals surface area contributed by atoms with Crippen molar-refractivity contribution in [2.75, 3.05) is 6.61 Å². The lowest BCUT2D eigenvalue weighted by molar-refractivity contribution is -0.139. The Balaban J connectivity index is 1.91. The maximum atomic E-state index is 11.3. The molecule has 2 aromatic rings. The molecule has 1 aliphatic rings. The number of aryl methyl sites for hydroxylation is 1. The first-order valence-electron chi connectivity index (χ1n) is 7.22. The molecule has 0 saturated carbocycles. The average molecular weight is 286 g/mol. The molecule has 1 aliphatic heterocycles. The Labute approximate surface area is 123 Å². The van der Waals surface area contributed by atoms with E-state index in [0.29, 0.717) is 18.9 Å². The molecule has 0 bridgehead atoms. The Morgan fingerprint density at radius 2 is 2.19 bits per heavy atom. The molecule has 21 heavy (non-hydrogen) atoms. The van der Waals surface area contributed by atoms with Crippen molar-refractivity contribution in [2.24, 2.45) is 0 Å². The lowest BCUT2D eigenvalue weighted by Gasteiger charge is -2.19. The van der Waals surface area contributed by atoms with Crippen LogP contribution in [0.25, 0.3) is 11.3 Å². The second-order valence-corrected chi connectivity index (χ2v) is 5.17. The van der Waals surface area contributed by atoms with Gasteiger partial charge in [0.25, 0.3) is 0 Å². The number of imidazole rings is 1. The second kappa shape index (κ2) is 5.60. The van der Waals surface area contributed by atoms with E-state index in [1.54, 1.807) is 0 Å². The van der Waals surface area contributed by atoms with E-state index < -0.39 is 11.9 Å². The smallest absolute Gasteiger partial charge is 0.314 e. The Hall–Kier alpha value is -2.30. The molecule has 3 rings (SSSR count). The van der Waals surface area contributed by atoms with E-state index in [4.69, 9.17) is 4.74 Å². The third-order valence-corrected chi connectivity index (χ3v) is 3.77. The summed E-state index contributed by atoms with van der Waals surface area (Å²) < 4.78 is 7.39. The topological polar surface area (TPSA) is 64.4 Å². The van der Waals surface area contributed by atoms with Gasteiger partial charge in [-0.05, 0) is 44.0 Å². The predicted octanol–water partition coefficient (Wildman–Crippen LogP) is 2.91. The Morgan fingerprint density at radius 3 is 2.86 bits per heavy atom. The van der Waals surface area contributed by atoms with Crippen molar-refractivity contribution in [1.82, 2.24) is 9.55 Å². The van der Waals surface area contributed by atoms with E-state index in [1.165, 1.54) is 0 Å². The zero-order chi connectivity index (χ0) is 14.8. The number of aromatic nitrogens is 2. The first kappa shape index (κ1) is 13.7. The van der Waals surface area contributed by atoms with Crippen LogP contribution in [0.4, 0.5) is 0 Å². The number of carbonyl (C=O) groups is 1. The number of carboxylic acid groups (broad SMARTS) is 1. The highest BCUT2D eigenvalue weighted by Gasteiger charge is 2.28. The molecule has 0 fully saturated rings. The summed E-state index contributed by atoms with van der Waals surface area (Å²) in [6.45, 7) is 3.42. The Morgan fingerprint density at radius 1 is 1.43 bits per heavy atom. The number of rotatable bonds is 4. The van der Waals surface area contributed by atoms with Crippen LogP contribution in [0, 0.1) is 0 Å². The van der Waals surface area contributed by atoms with Crippen molar-refractivity contribution in [2.45, 2.75) is 32.2 Å². The quantitative estimate of drug-likeness (QED) is 0.938. The summed E-state index contributed by atoms with van der Waals surface area (Å²) in [5.41, 5.74) is 1.80. The minimum atomic E-state index is -0.792. The van der Waals surface area contributed by atoms with Gasteiger partial charge >= 0.3 is 5.97 Å². The van der Waals surface area contributed by atoms with Crippen LogP contribution in [0.1, 0.15) is 31.5 Å². The number of hydrogen-bond donors (Lipinski definition) is 1. The van der Waals surface area contributed by atoms with Gasteiger partial charge in [-0.2, -0.15) is 0 Å². The fraction of sp³-hybridized carbons (Fsp3) is 0.375. The summed E-state index contributed by atoms with van der Waals surface area (Å²) >= 11 is 0. The summed E-state index contributed by atoms with van der Waals surface area (Å²) in [5.74, 6) is 0.210. The molecule has 1 unspecified atom stereocenters. The van der Waals surface area contributed by atoms with Gasteiger partial charge in [-0.15, -0.1) is 0 Å². The Kier molecular flexibility index (Phi) is 3.64. The van der Waals surface area contributed by atoms with Gasteiger partial charge < -0.3 is 14.4 Å². The fourth-order valence-corrected chi connectivity index (χ4v) is 2.74. The zero-order valence-electron chi connectivity index (χ0n) is 12.0. The van der Waals surface area contributed by atoms with Crippen LogP contribution in [-0.2, 0) is 11.3 Å². The third kappa shape index (κ3) is 2.63. The molecule has 5 heteroatoms. The molecule has 110 valence electrons. The van der Waals surface area contributed by atoms with E-state index in [0.717, 1.165) is 30.0 Å². The molecule has 1 aromatic carbocycles. The molecule has 1 N–H and O–H groups in total. The number of nitrogens with zero attached hydrogens (tertiary/aromatic N) is 2. The monoisotopic (exact) mass is 286 g/mol. The van der Waals surface area contributed by atoms with Gasteiger partial charge in [0.2, 0.25) is 0 Å². The molecule has 0 saturated heterocycles. The molecular formula is C16H18N2O3. The number of aliphatic carboxylic acids is 1. The van der Waals surface area contributed by atoms with Gasteiger partial charge in [0, 0.05) is 18.3 Å². The van der Waals surface area contributed by atoms with E-state index in [1.807, 2.05) is 42.0 Å². The molecule has 0 spiro atoms. The standard InChI is InChI=1S/C16H18N2O3/c1-2-21-12-7-5-11(6-8-12)14-10-18-9-3-4-13(16(19)20)15(18)17-14/h5-8,10,13H,2-4,9H2,1H3,(H,19,20). The normalized spacial score (nSPS) is 17.3. The van der Waals surface area contributed by atoms with Crippen molar-refractivity contribution in [3.8, 4) is 17.0 Å². The SMILES string of the molecule is CCOc1ccc(-c2cn3c(n2)C(C(=O)O)CCC3)cc1. The summed E-state index contributed by atoms with van der Waals surface area (Å²) in [7, 11) is 0. The average Bonchev–Trinajstić information content (AvgIpc) is 2.92. The minimum Gasteiger partial charge on any atom is -0.494 e. The van der Waals surface area contributed by atoms with E-state index in [2.05, 4.69) is 4.98 Å². The Bertz CT molecular complexity index is 646. The van der Waals surface area contributed by atoms with Crippen LogP contribution in [0.5, 0.6) is 5.75 Å².